The topological polar surface area (TPSA) is 21.3 Å². The molecule has 0 saturated heterocycles. The van der Waals surface area contributed by atoms with Crippen LogP contribution in [0.5, 0.6) is 5.75 Å². The lowest BCUT2D eigenvalue weighted by atomic mass is 10.2. The first-order chi connectivity index (χ1) is 9.65. The third-order valence-corrected chi connectivity index (χ3v) is 3.42. The Labute approximate surface area is 129 Å². The van der Waals surface area contributed by atoms with E-state index >= 15 is 0 Å². The van der Waals surface area contributed by atoms with Gasteiger partial charge in [0.25, 0.3) is 0 Å². The van der Waals surface area contributed by atoms with Crippen molar-refractivity contribution in [3.63, 3.8) is 0 Å². The molecule has 2 nitrogen and oxygen atoms in total. The molecule has 0 unspecified atom stereocenters. The van der Waals surface area contributed by atoms with Crippen molar-refractivity contribution >= 4 is 15.9 Å². The highest BCUT2D eigenvalue weighted by molar-refractivity contribution is 9.10. The van der Waals surface area contributed by atoms with Gasteiger partial charge in [-0.15, -0.1) is 0 Å². The first-order valence-electron chi connectivity index (χ1n) is 6.85. The number of benzene rings is 2. The monoisotopic (exact) mass is 333 g/mol. The van der Waals surface area contributed by atoms with E-state index in [-0.39, 0.29) is 6.10 Å². The number of nitrogens with one attached hydrogen (secondary N) is 1. The second-order valence-electron chi connectivity index (χ2n) is 5.00. The second kappa shape index (κ2) is 7.46. The molecule has 0 amide bonds. The van der Waals surface area contributed by atoms with Gasteiger partial charge in [0.15, 0.2) is 0 Å². The summed E-state index contributed by atoms with van der Waals surface area (Å²) in [5.41, 5.74) is 2.47. The van der Waals surface area contributed by atoms with Gasteiger partial charge in [0.05, 0.1) is 6.10 Å². The fourth-order valence-electron chi connectivity index (χ4n) is 1.96. The van der Waals surface area contributed by atoms with Gasteiger partial charge in [-0.25, -0.2) is 0 Å². The number of halogens is 1. The van der Waals surface area contributed by atoms with E-state index < -0.39 is 0 Å². The highest BCUT2D eigenvalue weighted by Crippen LogP contribution is 2.19. The van der Waals surface area contributed by atoms with Gasteiger partial charge in [-0.3, -0.25) is 0 Å². The van der Waals surface area contributed by atoms with Crippen molar-refractivity contribution in [2.75, 3.05) is 0 Å². The fraction of sp³-hybridized carbons (Fsp3) is 0.294. The maximum Gasteiger partial charge on any atom is 0.124 e. The summed E-state index contributed by atoms with van der Waals surface area (Å²) in [6.45, 7) is 5.75. The zero-order chi connectivity index (χ0) is 14.4. The Kier molecular flexibility index (Phi) is 5.62. The van der Waals surface area contributed by atoms with E-state index in [0.29, 0.717) is 0 Å². The van der Waals surface area contributed by atoms with E-state index in [1.165, 1.54) is 11.1 Å². The Bertz CT molecular complexity index is 537. The molecule has 0 aliphatic carbocycles. The van der Waals surface area contributed by atoms with Crippen LogP contribution in [0.1, 0.15) is 25.0 Å². The molecule has 0 spiro atoms. The number of ether oxygens (including phenoxy) is 1. The van der Waals surface area contributed by atoms with Crippen LogP contribution in [0.4, 0.5) is 0 Å². The van der Waals surface area contributed by atoms with Crippen molar-refractivity contribution in [1.29, 1.82) is 0 Å². The Balaban J connectivity index is 1.92. The predicted molar refractivity (Wildman–Crippen MR) is 86.9 cm³/mol. The molecule has 0 atom stereocenters. The average Bonchev–Trinajstić information content (AvgIpc) is 2.42. The van der Waals surface area contributed by atoms with Crippen molar-refractivity contribution in [3.05, 3.63) is 64.1 Å². The van der Waals surface area contributed by atoms with E-state index in [9.17, 15) is 0 Å². The quantitative estimate of drug-likeness (QED) is 0.838. The van der Waals surface area contributed by atoms with E-state index in [1.54, 1.807) is 0 Å². The van der Waals surface area contributed by atoms with Gasteiger partial charge in [-0.2, -0.15) is 0 Å². The van der Waals surface area contributed by atoms with E-state index in [2.05, 4.69) is 51.6 Å². The van der Waals surface area contributed by atoms with Crippen molar-refractivity contribution in [2.24, 2.45) is 0 Å². The Morgan fingerprint density at radius 3 is 2.40 bits per heavy atom. The molecule has 20 heavy (non-hydrogen) atoms. The summed E-state index contributed by atoms with van der Waals surface area (Å²) in [5.74, 6) is 0.964. The summed E-state index contributed by atoms with van der Waals surface area (Å²) in [7, 11) is 0. The summed E-state index contributed by atoms with van der Waals surface area (Å²) in [5, 5.41) is 3.46. The van der Waals surface area contributed by atoms with Gasteiger partial charge < -0.3 is 10.1 Å². The number of hydrogen-bond donors (Lipinski definition) is 1. The minimum absolute atomic E-state index is 0.197. The van der Waals surface area contributed by atoms with Crippen LogP contribution in [0, 0.1) is 0 Å². The summed E-state index contributed by atoms with van der Waals surface area (Å²) in [6, 6.07) is 16.5. The molecular weight excluding hydrogens is 314 g/mol. The Morgan fingerprint density at radius 1 is 1.00 bits per heavy atom. The molecule has 0 saturated carbocycles. The second-order valence-corrected chi connectivity index (χ2v) is 5.92. The van der Waals surface area contributed by atoms with Crippen molar-refractivity contribution in [1.82, 2.24) is 5.32 Å². The van der Waals surface area contributed by atoms with Crippen LogP contribution in [0.3, 0.4) is 0 Å². The van der Waals surface area contributed by atoms with Crippen LogP contribution in [-0.4, -0.2) is 6.10 Å². The zero-order valence-corrected chi connectivity index (χ0v) is 13.5. The lowest BCUT2D eigenvalue weighted by Crippen LogP contribution is -2.15. The zero-order valence-electron chi connectivity index (χ0n) is 11.9. The molecule has 2 aromatic rings. The molecule has 0 aromatic heterocycles. The molecule has 0 heterocycles. The fourth-order valence-corrected chi connectivity index (χ4v) is 2.23. The van der Waals surface area contributed by atoms with Crippen LogP contribution < -0.4 is 10.1 Å². The molecule has 106 valence electrons. The van der Waals surface area contributed by atoms with Crippen LogP contribution in [0.25, 0.3) is 0 Å². The van der Waals surface area contributed by atoms with Gasteiger partial charge in [0.1, 0.15) is 5.75 Å². The van der Waals surface area contributed by atoms with Gasteiger partial charge in [0, 0.05) is 23.1 Å². The van der Waals surface area contributed by atoms with E-state index in [1.807, 2.05) is 32.0 Å². The van der Waals surface area contributed by atoms with Crippen LogP contribution in [0.2, 0.25) is 0 Å². The van der Waals surface area contributed by atoms with Crippen molar-refractivity contribution in [2.45, 2.75) is 33.0 Å². The highest BCUT2D eigenvalue weighted by atomic mass is 79.9. The molecule has 0 aliphatic heterocycles. The SMILES string of the molecule is CC(C)Oc1ccccc1CNCc1ccc(Br)cc1. The predicted octanol–water partition coefficient (Wildman–Crippen LogP) is 4.53. The standard InChI is InChI=1S/C17H20BrNO/c1-13(2)20-17-6-4-3-5-15(17)12-19-11-14-7-9-16(18)10-8-14/h3-10,13,19H,11-12H2,1-2H3. The average molecular weight is 334 g/mol. The third kappa shape index (κ3) is 4.66. The molecule has 1 N–H and O–H groups in total. The molecule has 2 rings (SSSR count). The Hall–Kier alpha value is -1.32. The normalized spacial score (nSPS) is 10.8. The molecule has 0 aliphatic rings. The first kappa shape index (κ1) is 15.1. The molecule has 2 aromatic carbocycles. The minimum atomic E-state index is 0.197. The number of para-hydroxylation sites is 1. The highest BCUT2D eigenvalue weighted by Gasteiger charge is 2.04. The maximum atomic E-state index is 5.82. The smallest absolute Gasteiger partial charge is 0.124 e. The summed E-state index contributed by atoms with van der Waals surface area (Å²) >= 11 is 3.45. The lowest BCUT2D eigenvalue weighted by molar-refractivity contribution is 0.239. The molecule has 0 radical (unpaired) electrons. The summed E-state index contributed by atoms with van der Waals surface area (Å²) in [4.78, 5) is 0. The Morgan fingerprint density at radius 2 is 1.70 bits per heavy atom. The molecule has 3 heteroatoms. The van der Waals surface area contributed by atoms with E-state index in [4.69, 9.17) is 4.74 Å². The van der Waals surface area contributed by atoms with Crippen LogP contribution >= 0.6 is 15.9 Å². The van der Waals surface area contributed by atoms with Gasteiger partial charge >= 0.3 is 0 Å². The largest absolute Gasteiger partial charge is 0.491 e. The van der Waals surface area contributed by atoms with Crippen LogP contribution in [-0.2, 0) is 13.1 Å². The summed E-state index contributed by atoms with van der Waals surface area (Å²) < 4.78 is 6.93. The molecule has 0 fully saturated rings. The van der Waals surface area contributed by atoms with Gasteiger partial charge in [-0.05, 0) is 37.6 Å². The third-order valence-electron chi connectivity index (χ3n) is 2.89. The maximum absolute atomic E-state index is 5.82. The molecular formula is C17H20BrNO. The van der Waals surface area contributed by atoms with Crippen LogP contribution in [0.15, 0.2) is 53.0 Å². The minimum Gasteiger partial charge on any atom is -0.491 e. The number of rotatable bonds is 6. The summed E-state index contributed by atoms with van der Waals surface area (Å²) in [6.07, 6.45) is 0.197. The molecule has 0 bridgehead atoms. The van der Waals surface area contributed by atoms with Crippen molar-refractivity contribution in [3.8, 4) is 5.75 Å². The first-order valence-corrected chi connectivity index (χ1v) is 7.64. The number of hydrogen-bond acceptors (Lipinski definition) is 2. The van der Waals surface area contributed by atoms with Gasteiger partial charge in [0.2, 0.25) is 0 Å². The van der Waals surface area contributed by atoms with E-state index in [0.717, 1.165) is 23.3 Å². The van der Waals surface area contributed by atoms with Crippen molar-refractivity contribution < 1.29 is 4.74 Å². The van der Waals surface area contributed by atoms with Gasteiger partial charge in [-0.1, -0.05) is 46.3 Å². The lowest BCUT2D eigenvalue weighted by Gasteiger charge is -2.14.